The molecule has 94 valence electrons. The quantitative estimate of drug-likeness (QED) is 0.651. The highest BCUT2D eigenvalue weighted by molar-refractivity contribution is 5.80. The molecule has 2 atom stereocenters. The van der Waals surface area contributed by atoms with Crippen LogP contribution >= 0.6 is 0 Å². The van der Waals surface area contributed by atoms with Gasteiger partial charge < -0.3 is 16.2 Å². The number of hydrogen-bond acceptors (Lipinski definition) is 3. The maximum atomic E-state index is 12.0. The summed E-state index contributed by atoms with van der Waals surface area (Å²) in [5.41, 5.74) is 5.44. The Morgan fingerprint density at radius 3 is 2.44 bits per heavy atom. The summed E-state index contributed by atoms with van der Waals surface area (Å²) < 4.78 is 0. The fourth-order valence-electron chi connectivity index (χ4n) is 2.36. The van der Waals surface area contributed by atoms with Gasteiger partial charge in [-0.25, -0.2) is 0 Å². The predicted molar refractivity (Wildman–Crippen MR) is 63.9 cm³/mol. The van der Waals surface area contributed by atoms with Crippen molar-refractivity contribution in [2.75, 3.05) is 6.61 Å². The molecule has 0 radical (unpaired) electrons. The van der Waals surface area contributed by atoms with E-state index in [1.54, 1.807) is 0 Å². The molecule has 1 saturated carbocycles. The molecule has 16 heavy (non-hydrogen) atoms. The Kier molecular flexibility index (Phi) is 4.74. The van der Waals surface area contributed by atoms with E-state index in [1.807, 2.05) is 13.8 Å². The molecule has 0 aromatic rings. The van der Waals surface area contributed by atoms with Crippen molar-refractivity contribution in [3.63, 3.8) is 0 Å². The second-order valence-corrected chi connectivity index (χ2v) is 4.84. The van der Waals surface area contributed by atoms with Gasteiger partial charge in [-0.3, -0.25) is 4.79 Å². The highest BCUT2D eigenvalue weighted by atomic mass is 16.3. The summed E-state index contributed by atoms with van der Waals surface area (Å²) in [5.74, 6) is -0.0493. The Morgan fingerprint density at radius 2 is 2.06 bits per heavy atom. The van der Waals surface area contributed by atoms with Gasteiger partial charge in [0.25, 0.3) is 0 Å². The Hall–Kier alpha value is -0.610. The van der Waals surface area contributed by atoms with Crippen LogP contribution in [0.5, 0.6) is 0 Å². The van der Waals surface area contributed by atoms with Gasteiger partial charge in [0.15, 0.2) is 0 Å². The standard InChI is InChI=1S/C12H24N2O2/c1-3-12(4-2,8-15)14-11(16)9-6-5-7-10(9)13/h9-10,15H,3-8,13H2,1-2H3,(H,14,16). The van der Waals surface area contributed by atoms with Crippen LogP contribution in [0.4, 0.5) is 0 Å². The van der Waals surface area contributed by atoms with E-state index in [2.05, 4.69) is 5.32 Å². The number of hydrogen-bond donors (Lipinski definition) is 3. The summed E-state index contributed by atoms with van der Waals surface area (Å²) in [6.45, 7) is 3.96. The van der Waals surface area contributed by atoms with Crippen LogP contribution in [0.3, 0.4) is 0 Å². The van der Waals surface area contributed by atoms with Crippen LogP contribution in [-0.2, 0) is 4.79 Å². The summed E-state index contributed by atoms with van der Waals surface area (Å²) >= 11 is 0. The molecular weight excluding hydrogens is 204 g/mol. The number of amides is 1. The Labute approximate surface area is 97.6 Å². The van der Waals surface area contributed by atoms with Crippen LogP contribution in [0, 0.1) is 5.92 Å². The lowest BCUT2D eigenvalue weighted by molar-refractivity contribution is -0.128. The Balaban J connectivity index is 2.61. The largest absolute Gasteiger partial charge is 0.394 e. The number of nitrogens with one attached hydrogen (secondary N) is 1. The van der Waals surface area contributed by atoms with Crippen molar-refractivity contribution in [1.82, 2.24) is 5.32 Å². The maximum Gasteiger partial charge on any atom is 0.225 e. The van der Waals surface area contributed by atoms with Crippen LogP contribution < -0.4 is 11.1 Å². The maximum absolute atomic E-state index is 12.0. The van der Waals surface area contributed by atoms with E-state index < -0.39 is 5.54 Å². The number of aliphatic hydroxyl groups excluding tert-OH is 1. The van der Waals surface area contributed by atoms with Crippen molar-refractivity contribution in [1.29, 1.82) is 0 Å². The number of nitrogens with two attached hydrogens (primary N) is 1. The molecule has 0 spiro atoms. The van der Waals surface area contributed by atoms with Gasteiger partial charge in [-0.1, -0.05) is 20.3 Å². The number of rotatable bonds is 5. The molecule has 4 nitrogen and oxygen atoms in total. The van der Waals surface area contributed by atoms with E-state index in [0.717, 1.165) is 32.1 Å². The molecule has 1 amide bonds. The van der Waals surface area contributed by atoms with Crippen LogP contribution in [-0.4, -0.2) is 29.2 Å². The van der Waals surface area contributed by atoms with Gasteiger partial charge in [0.2, 0.25) is 5.91 Å². The monoisotopic (exact) mass is 228 g/mol. The van der Waals surface area contributed by atoms with Gasteiger partial charge >= 0.3 is 0 Å². The third kappa shape index (κ3) is 2.74. The molecule has 0 aromatic heterocycles. The van der Waals surface area contributed by atoms with Crippen LogP contribution in [0.1, 0.15) is 46.0 Å². The minimum Gasteiger partial charge on any atom is -0.394 e. The molecule has 0 aliphatic heterocycles. The van der Waals surface area contributed by atoms with Gasteiger partial charge in [0.05, 0.1) is 18.1 Å². The summed E-state index contributed by atoms with van der Waals surface area (Å²) in [6, 6.07) is -0.00916. The van der Waals surface area contributed by atoms with Gasteiger partial charge in [0.1, 0.15) is 0 Å². The smallest absolute Gasteiger partial charge is 0.225 e. The van der Waals surface area contributed by atoms with Crippen molar-refractivity contribution in [2.24, 2.45) is 11.7 Å². The molecule has 0 aromatic carbocycles. The summed E-state index contributed by atoms with van der Waals surface area (Å²) in [5, 5.41) is 12.4. The van der Waals surface area contributed by atoms with Crippen LogP contribution in [0.25, 0.3) is 0 Å². The first-order valence-electron chi connectivity index (χ1n) is 6.27. The van der Waals surface area contributed by atoms with Crippen molar-refractivity contribution in [3.05, 3.63) is 0 Å². The second-order valence-electron chi connectivity index (χ2n) is 4.84. The van der Waals surface area contributed by atoms with E-state index >= 15 is 0 Å². The Morgan fingerprint density at radius 1 is 1.44 bits per heavy atom. The minimum absolute atomic E-state index is 0.00625. The normalized spacial score (nSPS) is 25.8. The molecular formula is C12H24N2O2. The van der Waals surface area contributed by atoms with Crippen molar-refractivity contribution >= 4 is 5.91 Å². The van der Waals surface area contributed by atoms with E-state index in [-0.39, 0.29) is 24.5 Å². The van der Waals surface area contributed by atoms with Gasteiger partial charge in [-0.2, -0.15) is 0 Å². The topological polar surface area (TPSA) is 75.3 Å². The Bertz CT molecular complexity index is 231. The first kappa shape index (κ1) is 13.5. The lowest BCUT2D eigenvalue weighted by Gasteiger charge is -2.32. The van der Waals surface area contributed by atoms with Gasteiger partial charge in [-0.15, -0.1) is 0 Å². The number of aliphatic hydroxyl groups is 1. The molecule has 0 heterocycles. The summed E-state index contributed by atoms with van der Waals surface area (Å²) in [7, 11) is 0. The van der Waals surface area contributed by atoms with E-state index in [0.29, 0.717) is 0 Å². The molecule has 1 fully saturated rings. The fraction of sp³-hybridized carbons (Fsp3) is 0.917. The minimum atomic E-state index is -0.459. The van der Waals surface area contributed by atoms with E-state index in [4.69, 9.17) is 5.73 Å². The average molecular weight is 228 g/mol. The lowest BCUT2D eigenvalue weighted by atomic mass is 9.92. The van der Waals surface area contributed by atoms with Crippen molar-refractivity contribution in [3.8, 4) is 0 Å². The fourth-order valence-corrected chi connectivity index (χ4v) is 2.36. The first-order chi connectivity index (χ1) is 7.58. The zero-order chi connectivity index (χ0) is 12.2. The average Bonchev–Trinajstić information content (AvgIpc) is 2.72. The molecule has 4 N–H and O–H groups in total. The van der Waals surface area contributed by atoms with Crippen LogP contribution in [0.2, 0.25) is 0 Å². The first-order valence-corrected chi connectivity index (χ1v) is 6.27. The van der Waals surface area contributed by atoms with E-state index in [9.17, 15) is 9.90 Å². The predicted octanol–water partition coefficient (Wildman–Crippen LogP) is 0.781. The zero-order valence-electron chi connectivity index (χ0n) is 10.3. The third-order valence-corrected chi connectivity index (χ3v) is 3.95. The number of carbonyl (C=O) groups excluding carboxylic acids is 1. The van der Waals surface area contributed by atoms with Gasteiger partial charge in [-0.05, 0) is 25.7 Å². The van der Waals surface area contributed by atoms with Crippen molar-refractivity contribution < 1.29 is 9.90 Å². The molecule has 1 aliphatic rings. The SMILES string of the molecule is CCC(CC)(CO)NC(=O)C1CCCC1N. The molecule has 2 unspecified atom stereocenters. The zero-order valence-corrected chi connectivity index (χ0v) is 10.3. The number of carbonyl (C=O) groups is 1. The summed E-state index contributed by atoms with van der Waals surface area (Å²) in [6.07, 6.45) is 4.33. The van der Waals surface area contributed by atoms with Gasteiger partial charge in [0, 0.05) is 6.04 Å². The molecule has 0 saturated heterocycles. The lowest BCUT2D eigenvalue weighted by Crippen LogP contribution is -2.53. The van der Waals surface area contributed by atoms with Crippen molar-refractivity contribution in [2.45, 2.75) is 57.5 Å². The molecule has 4 heteroatoms. The molecule has 0 bridgehead atoms. The highest BCUT2D eigenvalue weighted by Crippen LogP contribution is 2.25. The molecule has 1 aliphatic carbocycles. The summed E-state index contributed by atoms with van der Waals surface area (Å²) in [4.78, 5) is 12.0. The molecule has 1 rings (SSSR count). The van der Waals surface area contributed by atoms with E-state index in [1.165, 1.54) is 0 Å². The highest BCUT2D eigenvalue weighted by Gasteiger charge is 2.35. The second kappa shape index (κ2) is 5.64. The van der Waals surface area contributed by atoms with Crippen LogP contribution in [0.15, 0.2) is 0 Å². The third-order valence-electron chi connectivity index (χ3n) is 3.95.